The van der Waals surface area contributed by atoms with Crippen LogP contribution in [0.15, 0.2) is 12.4 Å². The van der Waals surface area contributed by atoms with Gasteiger partial charge in [-0.3, -0.25) is 0 Å². The van der Waals surface area contributed by atoms with Crippen LogP contribution in [0.1, 0.15) is 20.8 Å². The van der Waals surface area contributed by atoms with Gasteiger partial charge < -0.3 is 14.8 Å². The molecular formula is C11H20N4. The predicted octanol–water partition coefficient (Wildman–Crippen LogP) is 1.09. The van der Waals surface area contributed by atoms with Crippen molar-refractivity contribution in [3.8, 4) is 0 Å². The molecule has 0 atom stereocenters. The Kier molecular flexibility index (Phi) is 2.69. The molecule has 0 aromatic carbocycles. The molecule has 15 heavy (non-hydrogen) atoms. The molecule has 1 aliphatic rings. The van der Waals surface area contributed by atoms with Crippen molar-refractivity contribution in [3.63, 3.8) is 0 Å². The number of aryl methyl sites for hydroxylation is 1. The molecule has 84 valence electrons. The number of nitrogens with one attached hydrogen (secondary N) is 1. The smallest absolute Gasteiger partial charge is 0.205 e. The molecule has 2 heterocycles. The molecule has 1 aromatic rings. The highest BCUT2D eigenvalue weighted by molar-refractivity contribution is 5.37. The molecule has 0 amide bonds. The van der Waals surface area contributed by atoms with E-state index in [-0.39, 0.29) is 5.54 Å². The van der Waals surface area contributed by atoms with Crippen molar-refractivity contribution >= 4 is 5.95 Å². The number of anilines is 1. The molecule has 0 saturated carbocycles. The lowest BCUT2D eigenvalue weighted by Gasteiger charge is -2.43. The van der Waals surface area contributed by atoms with Crippen molar-refractivity contribution in [2.75, 3.05) is 24.5 Å². The van der Waals surface area contributed by atoms with Gasteiger partial charge in [-0.05, 0) is 20.8 Å². The maximum Gasteiger partial charge on any atom is 0.205 e. The van der Waals surface area contributed by atoms with E-state index in [0.717, 1.165) is 32.1 Å². The molecule has 0 bridgehead atoms. The lowest BCUT2D eigenvalue weighted by molar-refractivity contribution is 0.371. The quantitative estimate of drug-likeness (QED) is 0.790. The van der Waals surface area contributed by atoms with Gasteiger partial charge >= 0.3 is 0 Å². The van der Waals surface area contributed by atoms with Gasteiger partial charge in [-0.25, -0.2) is 4.98 Å². The first-order valence-corrected chi connectivity index (χ1v) is 5.64. The zero-order chi connectivity index (χ0) is 10.9. The second-order valence-corrected chi connectivity index (χ2v) is 4.65. The van der Waals surface area contributed by atoms with E-state index >= 15 is 0 Å². The van der Waals surface area contributed by atoms with Gasteiger partial charge in [0.15, 0.2) is 0 Å². The maximum absolute atomic E-state index is 4.47. The van der Waals surface area contributed by atoms with E-state index in [1.807, 2.05) is 12.4 Å². The van der Waals surface area contributed by atoms with Crippen molar-refractivity contribution < 1.29 is 0 Å². The number of piperazine rings is 1. The van der Waals surface area contributed by atoms with Crippen LogP contribution in [-0.4, -0.2) is 34.7 Å². The second kappa shape index (κ2) is 3.85. The number of hydrogen-bond donors (Lipinski definition) is 1. The summed E-state index contributed by atoms with van der Waals surface area (Å²) in [7, 11) is 0. The Bertz CT molecular complexity index is 329. The third-order valence-electron chi connectivity index (χ3n) is 3.08. The van der Waals surface area contributed by atoms with E-state index in [2.05, 4.69) is 40.5 Å². The fourth-order valence-electron chi connectivity index (χ4n) is 2.15. The first-order chi connectivity index (χ1) is 7.15. The third-order valence-corrected chi connectivity index (χ3v) is 3.08. The van der Waals surface area contributed by atoms with Crippen LogP contribution in [0.4, 0.5) is 5.95 Å². The Morgan fingerprint density at radius 1 is 1.53 bits per heavy atom. The minimum atomic E-state index is 0.149. The molecule has 0 radical (unpaired) electrons. The predicted molar refractivity (Wildman–Crippen MR) is 62.2 cm³/mol. The SMILES string of the molecule is CCn1ccnc1N1CCNCC1(C)C. The molecule has 1 N–H and O–H groups in total. The van der Waals surface area contributed by atoms with Gasteiger partial charge in [0.05, 0.1) is 0 Å². The zero-order valence-electron chi connectivity index (χ0n) is 9.82. The minimum absolute atomic E-state index is 0.149. The van der Waals surface area contributed by atoms with Crippen LogP contribution in [0, 0.1) is 0 Å². The van der Waals surface area contributed by atoms with Gasteiger partial charge in [0.25, 0.3) is 0 Å². The van der Waals surface area contributed by atoms with E-state index in [0.29, 0.717) is 0 Å². The number of hydrogen-bond acceptors (Lipinski definition) is 3. The number of rotatable bonds is 2. The van der Waals surface area contributed by atoms with Gasteiger partial charge in [0.1, 0.15) is 0 Å². The first kappa shape index (κ1) is 10.5. The Morgan fingerprint density at radius 3 is 3.00 bits per heavy atom. The van der Waals surface area contributed by atoms with Gasteiger partial charge in [0, 0.05) is 44.1 Å². The van der Waals surface area contributed by atoms with Crippen LogP contribution in [0.25, 0.3) is 0 Å². The Hall–Kier alpha value is -1.03. The molecule has 4 heteroatoms. The topological polar surface area (TPSA) is 33.1 Å². The summed E-state index contributed by atoms with van der Waals surface area (Å²) in [6.07, 6.45) is 3.93. The van der Waals surface area contributed by atoms with Crippen molar-refractivity contribution in [3.05, 3.63) is 12.4 Å². The summed E-state index contributed by atoms with van der Waals surface area (Å²) < 4.78 is 2.20. The third kappa shape index (κ3) is 1.86. The Balaban J connectivity index is 2.28. The Morgan fingerprint density at radius 2 is 2.33 bits per heavy atom. The Labute approximate surface area is 91.3 Å². The summed E-state index contributed by atoms with van der Waals surface area (Å²) >= 11 is 0. The monoisotopic (exact) mass is 208 g/mol. The van der Waals surface area contributed by atoms with Crippen molar-refractivity contribution in [2.45, 2.75) is 32.9 Å². The van der Waals surface area contributed by atoms with Gasteiger partial charge in [-0.15, -0.1) is 0 Å². The standard InChI is InChI=1S/C11H20N4/c1-4-14-7-6-13-10(14)15-8-5-12-9-11(15,2)3/h6-7,12H,4-5,8-9H2,1-3H3. The van der Waals surface area contributed by atoms with Crippen molar-refractivity contribution in [1.29, 1.82) is 0 Å². The maximum atomic E-state index is 4.47. The summed E-state index contributed by atoms with van der Waals surface area (Å²) in [5.74, 6) is 1.10. The molecule has 0 aliphatic carbocycles. The number of nitrogens with zero attached hydrogens (tertiary/aromatic N) is 3. The van der Waals surface area contributed by atoms with Crippen LogP contribution < -0.4 is 10.2 Å². The lowest BCUT2D eigenvalue weighted by atomic mass is 10.0. The van der Waals surface area contributed by atoms with Crippen LogP contribution in [-0.2, 0) is 6.54 Å². The fraction of sp³-hybridized carbons (Fsp3) is 0.727. The molecule has 1 aliphatic heterocycles. The van der Waals surface area contributed by atoms with E-state index < -0.39 is 0 Å². The first-order valence-electron chi connectivity index (χ1n) is 5.64. The zero-order valence-corrected chi connectivity index (χ0v) is 9.82. The summed E-state index contributed by atoms with van der Waals surface area (Å²) in [5, 5.41) is 3.43. The minimum Gasteiger partial charge on any atom is -0.335 e. The van der Waals surface area contributed by atoms with Gasteiger partial charge in [-0.1, -0.05) is 0 Å². The van der Waals surface area contributed by atoms with E-state index in [4.69, 9.17) is 0 Å². The normalized spacial score (nSPS) is 20.6. The molecule has 1 fully saturated rings. The average molecular weight is 208 g/mol. The summed E-state index contributed by atoms with van der Waals surface area (Å²) in [6, 6.07) is 0. The highest BCUT2D eigenvalue weighted by Gasteiger charge is 2.31. The molecular weight excluding hydrogens is 188 g/mol. The summed E-state index contributed by atoms with van der Waals surface area (Å²) in [5.41, 5.74) is 0.149. The molecule has 0 spiro atoms. The van der Waals surface area contributed by atoms with E-state index in [1.54, 1.807) is 0 Å². The van der Waals surface area contributed by atoms with Crippen LogP contribution in [0.3, 0.4) is 0 Å². The second-order valence-electron chi connectivity index (χ2n) is 4.65. The molecule has 2 rings (SSSR count). The molecule has 0 unspecified atom stereocenters. The van der Waals surface area contributed by atoms with Gasteiger partial charge in [0.2, 0.25) is 5.95 Å². The van der Waals surface area contributed by atoms with E-state index in [1.165, 1.54) is 0 Å². The van der Waals surface area contributed by atoms with Crippen LogP contribution >= 0.6 is 0 Å². The van der Waals surface area contributed by atoms with Crippen LogP contribution in [0.5, 0.6) is 0 Å². The number of imidazole rings is 1. The van der Waals surface area contributed by atoms with Gasteiger partial charge in [-0.2, -0.15) is 0 Å². The van der Waals surface area contributed by atoms with Crippen molar-refractivity contribution in [1.82, 2.24) is 14.9 Å². The average Bonchev–Trinajstić information content (AvgIpc) is 2.64. The summed E-state index contributed by atoms with van der Waals surface area (Å²) in [4.78, 5) is 6.86. The fourth-order valence-corrected chi connectivity index (χ4v) is 2.15. The molecule has 1 aromatic heterocycles. The lowest BCUT2D eigenvalue weighted by Crippen LogP contribution is -2.58. The highest BCUT2D eigenvalue weighted by Crippen LogP contribution is 2.23. The van der Waals surface area contributed by atoms with Crippen molar-refractivity contribution in [2.24, 2.45) is 0 Å². The summed E-state index contributed by atoms with van der Waals surface area (Å²) in [6.45, 7) is 10.7. The van der Waals surface area contributed by atoms with Crippen LogP contribution in [0.2, 0.25) is 0 Å². The number of aromatic nitrogens is 2. The molecule has 4 nitrogen and oxygen atoms in total. The van der Waals surface area contributed by atoms with E-state index in [9.17, 15) is 0 Å². The largest absolute Gasteiger partial charge is 0.335 e. The molecule has 1 saturated heterocycles. The highest BCUT2D eigenvalue weighted by atomic mass is 15.4.